The monoisotopic (exact) mass is 166 g/mol. The third kappa shape index (κ3) is 4.28. The highest BCUT2D eigenvalue weighted by atomic mass is 32.2. The van der Waals surface area contributed by atoms with Crippen LogP contribution in [-0.2, 0) is 15.0 Å². The van der Waals surface area contributed by atoms with Gasteiger partial charge in [-0.2, -0.15) is 13.1 Å². The van der Waals surface area contributed by atoms with Crippen LogP contribution in [0.5, 0.6) is 0 Å². The summed E-state index contributed by atoms with van der Waals surface area (Å²) in [5.74, 6) is -0.596. The Balaban J connectivity index is 4.02. The second kappa shape index (κ2) is 3.52. The fourth-order valence-electron chi connectivity index (χ4n) is 0.415. The van der Waals surface area contributed by atoms with Crippen LogP contribution >= 0.6 is 0 Å². The number of hydrogen-bond acceptors (Lipinski definition) is 3. The Kier molecular flexibility index (Phi) is 3.31. The zero-order valence-corrected chi connectivity index (χ0v) is 6.66. The second-order valence-electron chi connectivity index (χ2n) is 1.66. The quantitative estimate of drug-likeness (QED) is 0.563. The highest BCUT2D eigenvalue weighted by molar-refractivity contribution is 7.88. The zero-order valence-electron chi connectivity index (χ0n) is 5.84. The van der Waals surface area contributed by atoms with Crippen LogP contribution in [-0.4, -0.2) is 20.9 Å². The van der Waals surface area contributed by atoms with Crippen molar-refractivity contribution in [2.45, 2.75) is 13.8 Å². The first kappa shape index (κ1) is 9.38. The maximum atomic E-state index is 10.6. The van der Waals surface area contributed by atoms with Gasteiger partial charge in [0.05, 0.1) is 0 Å². The molecule has 5 nitrogen and oxygen atoms in total. The SMILES string of the molecule is CCNS(=O)(=O)NC(C)=O. The Bertz CT molecular complexity index is 209. The smallest absolute Gasteiger partial charge is 0.274 e. The minimum absolute atomic E-state index is 0.266. The van der Waals surface area contributed by atoms with Crippen LogP contribution < -0.4 is 9.44 Å². The largest absolute Gasteiger partial charge is 0.301 e. The van der Waals surface area contributed by atoms with Gasteiger partial charge in [-0.1, -0.05) is 6.92 Å². The Morgan fingerprint density at radius 1 is 1.50 bits per heavy atom. The molecule has 1 amide bonds. The molecule has 0 aromatic heterocycles. The van der Waals surface area contributed by atoms with Gasteiger partial charge < -0.3 is 0 Å². The number of carbonyl (C=O) groups excluding carboxylic acids is 1. The van der Waals surface area contributed by atoms with Crippen molar-refractivity contribution < 1.29 is 13.2 Å². The summed E-state index contributed by atoms with van der Waals surface area (Å²) in [7, 11) is -3.58. The molecule has 0 heterocycles. The fourth-order valence-corrected chi connectivity index (χ4v) is 1.25. The number of amides is 1. The van der Waals surface area contributed by atoms with E-state index in [1.54, 1.807) is 11.6 Å². The lowest BCUT2D eigenvalue weighted by molar-refractivity contribution is -0.117. The summed E-state index contributed by atoms with van der Waals surface area (Å²) in [6.07, 6.45) is 0. The molecule has 0 spiro atoms. The van der Waals surface area contributed by atoms with E-state index in [-0.39, 0.29) is 6.54 Å². The van der Waals surface area contributed by atoms with Crippen molar-refractivity contribution in [2.75, 3.05) is 6.54 Å². The Morgan fingerprint density at radius 3 is 2.30 bits per heavy atom. The summed E-state index contributed by atoms with van der Waals surface area (Å²) in [5, 5.41) is 0. The molecule has 0 rings (SSSR count). The molecule has 0 aromatic carbocycles. The van der Waals surface area contributed by atoms with Crippen LogP contribution in [0.1, 0.15) is 13.8 Å². The van der Waals surface area contributed by atoms with Crippen molar-refractivity contribution in [2.24, 2.45) is 0 Å². The summed E-state index contributed by atoms with van der Waals surface area (Å²) in [6, 6.07) is 0. The van der Waals surface area contributed by atoms with Crippen molar-refractivity contribution in [1.82, 2.24) is 9.44 Å². The van der Waals surface area contributed by atoms with Crippen molar-refractivity contribution >= 4 is 16.1 Å². The van der Waals surface area contributed by atoms with Gasteiger partial charge in [0, 0.05) is 13.5 Å². The lowest BCUT2D eigenvalue weighted by Crippen LogP contribution is -2.38. The van der Waals surface area contributed by atoms with Crippen LogP contribution in [0.4, 0.5) is 0 Å². The topological polar surface area (TPSA) is 75.3 Å². The average molecular weight is 166 g/mol. The van der Waals surface area contributed by atoms with Gasteiger partial charge in [-0.05, 0) is 0 Å². The molecule has 0 bridgehead atoms. The number of nitrogens with one attached hydrogen (secondary N) is 2. The first-order valence-corrected chi connectivity index (χ1v) is 4.24. The van der Waals surface area contributed by atoms with Gasteiger partial charge in [-0.3, -0.25) is 4.79 Å². The predicted octanol–water partition coefficient (Wildman–Crippen LogP) is -1.02. The van der Waals surface area contributed by atoms with Crippen LogP contribution in [0.25, 0.3) is 0 Å². The second-order valence-corrected chi connectivity index (χ2v) is 3.16. The summed E-state index contributed by atoms with van der Waals surface area (Å²) in [6.45, 7) is 3.02. The molecule has 0 fully saturated rings. The van der Waals surface area contributed by atoms with E-state index in [2.05, 4.69) is 4.72 Å². The zero-order chi connectivity index (χ0) is 8.20. The summed E-state index contributed by atoms with van der Waals surface area (Å²) >= 11 is 0. The van der Waals surface area contributed by atoms with Crippen LogP contribution in [0, 0.1) is 0 Å². The third-order valence-electron chi connectivity index (χ3n) is 0.612. The lowest BCUT2D eigenvalue weighted by Gasteiger charge is -2.02. The van der Waals surface area contributed by atoms with E-state index in [0.29, 0.717) is 0 Å². The van der Waals surface area contributed by atoms with E-state index in [4.69, 9.17) is 0 Å². The van der Waals surface area contributed by atoms with Gasteiger partial charge in [0.25, 0.3) is 0 Å². The van der Waals surface area contributed by atoms with E-state index in [0.717, 1.165) is 6.92 Å². The van der Waals surface area contributed by atoms with Crippen LogP contribution in [0.3, 0.4) is 0 Å². The maximum absolute atomic E-state index is 10.6. The molecule has 0 unspecified atom stereocenters. The van der Waals surface area contributed by atoms with E-state index in [1.807, 2.05) is 0 Å². The van der Waals surface area contributed by atoms with Crippen molar-refractivity contribution in [3.8, 4) is 0 Å². The van der Waals surface area contributed by atoms with Crippen molar-refractivity contribution in [3.63, 3.8) is 0 Å². The molecule has 0 aliphatic heterocycles. The minimum Gasteiger partial charge on any atom is -0.274 e. The Hall–Kier alpha value is -0.620. The third-order valence-corrected chi connectivity index (χ3v) is 1.84. The molecule has 2 N–H and O–H groups in total. The van der Waals surface area contributed by atoms with Crippen molar-refractivity contribution in [1.29, 1.82) is 0 Å². The molecule has 10 heavy (non-hydrogen) atoms. The van der Waals surface area contributed by atoms with Gasteiger partial charge in [0.15, 0.2) is 0 Å². The molecule has 0 saturated heterocycles. The average Bonchev–Trinajstić information content (AvgIpc) is 1.59. The van der Waals surface area contributed by atoms with E-state index >= 15 is 0 Å². The fraction of sp³-hybridized carbons (Fsp3) is 0.750. The van der Waals surface area contributed by atoms with Crippen LogP contribution in [0.2, 0.25) is 0 Å². The van der Waals surface area contributed by atoms with Crippen LogP contribution in [0.15, 0.2) is 0 Å². The Morgan fingerprint density at radius 2 is 2.00 bits per heavy atom. The summed E-state index contributed by atoms with van der Waals surface area (Å²) < 4.78 is 25.0. The molecule has 6 heteroatoms. The number of carbonyl (C=O) groups is 1. The van der Waals surface area contributed by atoms with Gasteiger partial charge in [0.2, 0.25) is 5.91 Å². The molecule has 0 radical (unpaired) electrons. The maximum Gasteiger partial charge on any atom is 0.301 e. The standard InChI is InChI=1S/C4H10N2O3S/c1-3-5-10(8,9)6-4(2)7/h5H,3H2,1-2H3,(H,6,7). The molecule has 0 saturated carbocycles. The van der Waals surface area contributed by atoms with Gasteiger partial charge in [-0.15, -0.1) is 0 Å². The predicted molar refractivity (Wildman–Crippen MR) is 36.4 cm³/mol. The number of hydrogen-bond donors (Lipinski definition) is 2. The molecular formula is C4H10N2O3S. The highest BCUT2D eigenvalue weighted by Gasteiger charge is 2.07. The van der Waals surface area contributed by atoms with Gasteiger partial charge in [-0.25, -0.2) is 4.72 Å². The van der Waals surface area contributed by atoms with E-state index in [9.17, 15) is 13.2 Å². The molecule has 0 aromatic rings. The molecule has 0 aliphatic rings. The minimum atomic E-state index is -3.58. The molecular weight excluding hydrogens is 156 g/mol. The molecule has 0 atom stereocenters. The first-order valence-electron chi connectivity index (χ1n) is 2.76. The summed E-state index contributed by atoms with van der Waals surface area (Å²) in [5.41, 5.74) is 0. The highest BCUT2D eigenvalue weighted by Crippen LogP contribution is 1.73. The molecule has 0 aliphatic carbocycles. The van der Waals surface area contributed by atoms with E-state index < -0.39 is 16.1 Å². The number of rotatable bonds is 3. The van der Waals surface area contributed by atoms with Gasteiger partial charge >= 0.3 is 10.2 Å². The van der Waals surface area contributed by atoms with Crippen molar-refractivity contribution in [3.05, 3.63) is 0 Å². The first-order chi connectivity index (χ1) is 4.48. The molecule has 60 valence electrons. The Labute approximate surface area is 60.0 Å². The van der Waals surface area contributed by atoms with Gasteiger partial charge in [0.1, 0.15) is 0 Å². The van der Waals surface area contributed by atoms with E-state index in [1.165, 1.54) is 0 Å². The summed E-state index contributed by atoms with van der Waals surface area (Å²) in [4.78, 5) is 10.2. The lowest BCUT2D eigenvalue weighted by atomic mass is 10.8. The normalized spacial score (nSPS) is 11.0.